The maximum absolute atomic E-state index is 10.0. The lowest BCUT2D eigenvalue weighted by atomic mass is 10.5. The molecular formula is C6H8N2O2. The van der Waals surface area contributed by atoms with Crippen LogP contribution in [0.1, 0.15) is 0 Å². The third-order valence-electron chi connectivity index (χ3n) is 0.674. The molecule has 0 aromatic rings. The van der Waals surface area contributed by atoms with Gasteiger partial charge in [-0.15, -0.1) is 0 Å². The molecule has 0 aromatic carbocycles. The van der Waals surface area contributed by atoms with Crippen LogP contribution in [0.5, 0.6) is 0 Å². The van der Waals surface area contributed by atoms with Crippen molar-refractivity contribution in [3.63, 3.8) is 0 Å². The van der Waals surface area contributed by atoms with Gasteiger partial charge in [-0.1, -0.05) is 6.58 Å². The van der Waals surface area contributed by atoms with E-state index in [4.69, 9.17) is 10.8 Å². The van der Waals surface area contributed by atoms with Crippen LogP contribution in [0.15, 0.2) is 29.5 Å². The second-order valence-corrected chi connectivity index (χ2v) is 1.41. The van der Waals surface area contributed by atoms with E-state index < -0.39 is 5.97 Å². The molecule has 4 heteroatoms. The first kappa shape index (κ1) is 8.42. The van der Waals surface area contributed by atoms with Crippen LogP contribution in [0.3, 0.4) is 0 Å². The van der Waals surface area contributed by atoms with Gasteiger partial charge in [-0.05, 0) is 12.3 Å². The fourth-order valence-corrected chi connectivity index (χ4v) is 0.238. The van der Waals surface area contributed by atoms with Gasteiger partial charge in [0.05, 0.1) is 0 Å². The Morgan fingerprint density at radius 2 is 2.30 bits per heavy atom. The molecule has 4 nitrogen and oxygen atoms in total. The van der Waals surface area contributed by atoms with E-state index in [9.17, 15) is 4.79 Å². The number of hydrogen-bond acceptors (Lipinski definition) is 3. The summed E-state index contributed by atoms with van der Waals surface area (Å²) in [4.78, 5) is 13.5. The summed E-state index contributed by atoms with van der Waals surface area (Å²) in [7, 11) is 0. The highest BCUT2D eigenvalue weighted by Gasteiger charge is 1.96. The van der Waals surface area contributed by atoms with Gasteiger partial charge >= 0.3 is 5.97 Å². The SMILES string of the molecule is C=C(/N=C\C=C/N)C(=O)O. The molecule has 0 spiro atoms. The van der Waals surface area contributed by atoms with Crippen LogP contribution in [0, 0.1) is 0 Å². The predicted molar refractivity (Wildman–Crippen MR) is 38.6 cm³/mol. The number of carboxylic acid groups (broad SMARTS) is 1. The van der Waals surface area contributed by atoms with Crippen molar-refractivity contribution < 1.29 is 9.90 Å². The zero-order chi connectivity index (χ0) is 7.98. The summed E-state index contributed by atoms with van der Waals surface area (Å²) in [6.07, 6.45) is 3.92. The van der Waals surface area contributed by atoms with Crippen molar-refractivity contribution in [3.05, 3.63) is 24.6 Å². The zero-order valence-electron chi connectivity index (χ0n) is 5.32. The molecule has 0 aliphatic carbocycles. The van der Waals surface area contributed by atoms with Crippen LogP contribution in [0.25, 0.3) is 0 Å². The van der Waals surface area contributed by atoms with E-state index in [1.54, 1.807) is 0 Å². The predicted octanol–water partition coefficient (Wildman–Crippen LogP) is 0.128. The molecular weight excluding hydrogens is 132 g/mol. The Bertz CT molecular complexity index is 194. The van der Waals surface area contributed by atoms with Crippen molar-refractivity contribution in [1.29, 1.82) is 0 Å². The number of allylic oxidation sites excluding steroid dienone is 1. The molecule has 54 valence electrons. The van der Waals surface area contributed by atoms with Crippen molar-refractivity contribution in [2.45, 2.75) is 0 Å². The molecule has 0 aliphatic rings. The molecule has 0 aliphatic heterocycles. The van der Waals surface area contributed by atoms with Crippen molar-refractivity contribution in [2.75, 3.05) is 0 Å². The van der Waals surface area contributed by atoms with E-state index in [2.05, 4.69) is 11.6 Å². The minimum absolute atomic E-state index is 0.210. The van der Waals surface area contributed by atoms with Gasteiger partial charge in [-0.3, -0.25) is 0 Å². The van der Waals surface area contributed by atoms with E-state index in [0.29, 0.717) is 0 Å². The summed E-state index contributed by atoms with van der Waals surface area (Å²) >= 11 is 0. The molecule has 0 atom stereocenters. The minimum Gasteiger partial charge on any atom is -0.477 e. The van der Waals surface area contributed by atoms with Crippen LogP contribution < -0.4 is 5.73 Å². The second kappa shape index (κ2) is 4.31. The molecule has 10 heavy (non-hydrogen) atoms. The fourth-order valence-electron chi connectivity index (χ4n) is 0.238. The number of carboxylic acids is 1. The Morgan fingerprint density at radius 3 is 2.70 bits per heavy atom. The van der Waals surface area contributed by atoms with Crippen LogP contribution in [0.4, 0.5) is 0 Å². The number of hydrogen-bond donors (Lipinski definition) is 2. The largest absolute Gasteiger partial charge is 0.477 e. The van der Waals surface area contributed by atoms with Crippen LogP contribution in [0.2, 0.25) is 0 Å². The van der Waals surface area contributed by atoms with E-state index in [1.807, 2.05) is 0 Å². The minimum atomic E-state index is -1.14. The van der Waals surface area contributed by atoms with E-state index in [-0.39, 0.29) is 5.70 Å². The van der Waals surface area contributed by atoms with E-state index in [1.165, 1.54) is 18.5 Å². The monoisotopic (exact) mass is 140 g/mol. The lowest BCUT2D eigenvalue weighted by Gasteiger charge is -1.85. The van der Waals surface area contributed by atoms with Gasteiger partial charge in [0.15, 0.2) is 0 Å². The summed E-state index contributed by atoms with van der Waals surface area (Å²) in [5.41, 5.74) is 4.73. The van der Waals surface area contributed by atoms with E-state index >= 15 is 0 Å². The standard InChI is InChI=1S/C6H8N2O2/c1-5(6(9)10)8-4-2-3-7/h2-4H,1,7H2,(H,9,10)/b3-2-,8-4-. The molecule has 0 bridgehead atoms. The Balaban J connectivity index is 3.90. The van der Waals surface area contributed by atoms with Crippen LogP contribution in [-0.2, 0) is 4.79 Å². The summed E-state index contributed by atoms with van der Waals surface area (Å²) in [6.45, 7) is 3.15. The third-order valence-corrected chi connectivity index (χ3v) is 0.674. The highest BCUT2D eigenvalue weighted by atomic mass is 16.4. The zero-order valence-corrected chi connectivity index (χ0v) is 5.32. The molecule has 3 N–H and O–H groups in total. The summed E-state index contributed by atoms with van der Waals surface area (Å²) in [5, 5.41) is 8.21. The average Bonchev–Trinajstić information content (AvgIpc) is 1.88. The maximum atomic E-state index is 10.0. The fraction of sp³-hybridized carbons (Fsp3) is 0. The highest BCUT2D eigenvalue weighted by molar-refractivity contribution is 5.88. The summed E-state index contributed by atoms with van der Waals surface area (Å²) in [6, 6.07) is 0. The molecule has 0 saturated carbocycles. The first-order valence-corrected chi connectivity index (χ1v) is 2.51. The molecule has 0 radical (unpaired) electrons. The lowest BCUT2D eigenvalue weighted by Crippen LogP contribution is -1.95. The van der Waals surface area contributed by atoms with Crippen molar-refractivity contribution in [3.8, 4) is 0 Å². The van der Waals surface area contributed by atoms with Gasteiger partial charge in [0.25, 0.3) is 0 Å². The third kappa shape index (κ3) is 3.43. The highest BCUT2D eigenvalue weighted by Crippen LogP contribution is 1.88. The Morgan fingerprint density at radius 1 is 1.70 bits per heavy atom. The second-order valence-electron chi connectivity index (χ2n) is 1.41. The normalized spacial score (nSPS) is 10.8. The molecule has 0 rings (SSSR count). The lowest BCUT2D eigenvalue weighted by molar-refractivity contribution is -0.132. The Labute approximate surface area is 58.4 Å². The van der Waals surface area contributed by atoms with Gasteiger partial charge in [0.2, 0.25) is 0 Å². The van der Waals surface area contributed by atoms with Crippen molar-refractivity contribution in [2.24, 2.45) is 10.7 Å². The molecule has 0 unspecified atom stereocenters. The van der Waals surface area contributed by atoms with Crippen LogP contribution in [-0.4, -0.2) is 17.3 Å². The molecule has 0 heterocycles. The van der Waals surface area contributed by atoms with Crippen LogP contribution >= 0.6 is 0 Å². The Hall–Kier alpha value is -1.58. The summed E-state index contributed by atoms with van der Waals surface area (Å²) in [5.74, 6) is -1.14. The molecule has 0 amide bonds. The summed E-state index contributed by atoms with van der Waals surface area (Å²) < 4.78 is 0. The van der Waals surface area contributed by atoms with Gasteiger partial charge in [0.1, 0.15) is 5.70 Å². The number of nitrogens with zero attached hydrogens (tertiary/aromatic N) is 1. The molecule has 0 aromatic heterocycles. The first-order chi connectivity index (χ1) is 4.68. The number of aliphatic carboxylic acids is 1. The maximum Gasteiger partial charge on any atom is 0.353 e. The van der Waals surface area contributed by atoms with Gasteiger partial charge in [-0.25, -0.2) is 9.79 Å². The van der Waals surface area contributed by atoms with Crippen molar-refractivity contribution >= 4 is 12.2 Å². The number of rotatable bonds is 3. The van der Waals surface area contributed by atoms with Gasteiger partial charge < -0.3 is 10.8 Å². The van der Waals surface area contributed by atoms with Crippen molar-refractivity contribution in [1.82, 2.24) is 0 Å². The quantitative estimate of drug-likeness (QED) is 0.432. The van der Waals surface area contributed by atoms with Gasteiger partial charge in [0, 0.05) is 6.21 Å². The number of aliphatic imine (C=N–C) groups is 1. The first-order valence-electron chi connectivity index (χ1n) is 2.51. The molecule has 0 saturated heterocycles. The Kier molecular flexibility index (Phi) is 3.63. The smallest absolute Gasteiger partial charge is 0.353 e. The average molecular weight is 140 g/mol. The molecule has 0 fully saturated rings. The number of carbonyl (C=O) groups is 1. The van der Waals surface area contributed by atoms with Gasteiger partial charge in [-0.2, -0.15) is 0 Å². The number of nitrogens with two attached hydrogens (primary N) is 1. The van der Waals surface area contributed by atoms with E-state index in [0.717, 1.165) is 0 Å². The topological polar surface area (TPSA) is 75.7 Å².